The number of phenolic OH excluding ortho intramolecular Hbond substituents is 1. The smallest absolute Gasteiger partial charge is 0.120 e. The summed E-state index contributed by atoms with van der Waals surface area (Å²) in [6, 6.07) is 18.1. The number of benzene rings is 3. The largest absolute Gasteiger partial charge is 0.508 e. The van der Waals surface area contributed by atoms with Gasteiger partial charge in [0.05, 0.1) is 0 Å². The molecule has 3 aromatic carbocycles. The van der Waals surface area contributed by atoms with E-state index in [1.54, 1.807) is 0 Å². The molecule has 0 aliphatic heterocycles. The topological polar surface area (TPSA) is 20.2 Å². The normalized spacial score (nSPS) is 15.4. The molecule has 128 valence electrons. The molecule has 1 fully saturated rings. The van der Waals surface area contributed by atoms with Crippen LogP contribution in [0.3, 0.4) is 0 Å². The number of halogens is 2. The van der Waals surface area contributed by atoms with Crippen molar-refractivity contribution in [3.05, 3.63) is 75.2 Å². The second kappa shape index (κ2) is 7.01. The Bertz CT molecular complexity index is 895. The van der Waals surface area contributed by atoms with E-state index in [-0.39, 0.29) is 5.92 Å². The minimum Gasteiger partial charge on any atom is -0.508 e. The summed E-state index contributed by atoms with van der Waals surface area (Å²) in [5.41, 5.74) is 2.24. The first-order chi connectivity index (χ1) is 12.1. The van der Waals surface area contributed by atoms with Crippen LogP contribution >= 0.6 is 27.5 Å². The van der Waals surface area contributed by atoms with Crippen molar-refractivity contribution in [3.8, 4) is 5.75 Å². The Morgan fingerprint density at radius 1 is 1.04 bits per heavy atom. The van der Waals surface area contributed by atoms with Crippen LogP contribution in [-0.2, 0) is 0 Å². The Morgan fingerprint density at radius 3 is 2.48 bits per heavy atom. The van der Waals surface area contributed by atoms with Crippen LogP contribution in [0.5, 0.6) is 5.75 Å². The van der Waals surface area contributed by atoms with Gasteiger partial charge < -0.3 is 5.11 Å². The molecule has 0 heterocycles. The van der Waals surface area contributed by atoms with E-state index in [1.807, 2.05) is 30.3 Å². The van der Waals surface area contributed by atoms with Gasteiger partial charge in [-0.1, -0.05) is 64.6 Å². The van der Waals surface area contributed by atoms with Gasteiger partial charge in [0.2, 0.25) is 0 Å². The van der Waals surface area contributed by atoms with Gasteiger partial charge in [0.15, 0.2) is 0 Å². The molecule has 1 nitrogen and oxygen atoms in total. The summed E-state index contributed by atoms with van der Waals surface area (Å²) >= 11 is 9.67. The molecule has 0 saturated heterocycles. The zero-order valence-corrected chi connectivity index (χ0v) is 16.2. The van der Waals surface area contributed by atoms with E-state index in [1.165, 1.54) is 24.8 Å². The molecule has 1 saturated carbocycles. The highest BCUT2D eigenvalue weighted by molar-refractivity contribution is 9.10. The molecule has 1 atom stereocenters. The first kappa shape index (κ1) is 16.9. The van der Waals surface area contributed by atoms with Gasteiger partial charge in [0.1, 0.15) is 5.75 Å². The number of phenols is 1. The predicted octanol–water partition coefficient (Wildman–Crippen LogP) is 7.28. The van der Waals surface area contributed by atoms with Crippen molar-refractivity contribution in [3.63, 3.8) is 0 Å². The lowest BCUT2D eigenvalue weighted by Crippen LogP contribution is -2.03. The van der Waals surface area contributed by atoms with Crippen LogP contribution in [0.25, 0.3) is 10.8 Å². The van der Waals surface area contributed by atoms with Crippen molar-refractivity contribution in [2.75, 3.05) is 0 Å². The number of hydrogen-bond donors (Lipinski definition) is 1. The number of fused-ring (bicyclic) bond motifs is 1. The number of hydrogen-bond acceptors (Lipinski definition) is 1. The maximum Gasteiger partial charge on any atom is 0.120 e. The summed E-state index contributed by atoms with van der Waals surface area (Å²) < 4.78 is 1.03. The fourth-order valence-corrected chi connectivity index (χ4v) is 4.14. The van der Waals surface area contributed by atoms with Crippen molar-refractivity contribution in [1.29, 1.82) is 0 Å². The molecule has 0 aromatic heterocycles. The zero-order chi connectivity index (χ0) is 17.4. The molecule has 1 aliphatic rings. The van der Waals surface area contributed by atoms with E-state index in [2.05, 4.69) is 40.2 Å². The number of aromatic hydroxyl groups is 1. The van der Waals surface area contributed by atoms with E-state index in [0.717, 1.165) is 38.2 Å². The summed E-state index contributed by atoms with van der Waals surface area (Å²) in [6.45, 7) is 0. The average Bonchev–Trinajstić information content (AvgIpc) is 3.42. The van der Waals surface area contributed by atoms with Crippen LogP contribution in [0.2, 0.25) is 5.02 Å². The monoisotopic (exact) mass is 414 g/mol. The Labute approximate surface area is 161 Å². The van der Waals surface area contributed by atoms with Crippen LogP contribution in [0.4, 0.5) is 0 Å². The van der Waals surface area contributed by atoms with Gasteiger partial charge >= 0.3 is 0 Å². The Kier molecular flexibility index (Phi) is 4.75. The molecule has 1 unspecified atom stereocenters. The molecule has 1 aliphatic carbocycles. The van der Waals surface area contributed by atoms with E-state index in [9.17, 15) is 5.11 Å². The average molecular weight is 416 g/mol. The summed E-state index contributed by atoms with van der Waals surface area (Å²) in [5.74, 6) is 1.41. The van der Waals surface area contributed by atoms with Crippen molar-refractivity contribution in [2.24, 2.45) is 5.92 Å². The highest BCUT2D eigenvalue weighted by Crippen LogP contribution is 2.43. The van der Waals surface area contributed by atoms with Gasteiger partial charge in [-0.25, -0.2) is 0 Å². The lowest BCUT2D eigenvalue weighted by molar-refractivity contribution is 0.462. The number of rotatable bonds is 5. The molecular weight excluding hydrogens is 396 g/mol. The molecule has 25 heavy (non-hydrogen) atoms. The highest BCUT2D eigenvalue weighted by atomic mass is 79.9. The quantitative estimate of drug-likeness (QED) is 0.464. The van der Waals surface area contributed by atoms with Crippen LogP contribution in [0, 0.1) is 5.92 Å². The lowest BCUT2D eigenvalue weighted by atomic mass is 9.83. The van der Waals surface area contributed by atoms with Crippen molar-refractivity contribution < 1.29 is 5.11 Å². The van der Waals surface area contributed by atoms with Crippen LogP contribution in [0.1, 0.15) is 42.7 Å². The second-order valence-electron chi connectivity index (χ2n) is 6.99. The summed E-state index contributed by atoms with van der Waals surface area (Å²) in [7, 11) is 0. The predicted molar refractivity (Wildman–Crippen MR) is 109 cm³/mol. The molecule has 3 aromatic rings. The molecule has 0 radical (unpaired) electrons. The third kappa shape index (κ3) is 3.70. The van der Waals surface area contributed by atoms with Gasteiger partial charge in [-0.3, -0.25) is 0 Å². The van der Waals surface area contributed by atoms with E-state index in [0.29, 0.717) is 5.75 Å². The Morgan fingerprint density at radius 2 is 1.76 bits per heavy atom. The van der Waals surface area contributed by atoms with Gasteiger partial charge in [0.25, 0.3) is 0 Å². The van der Waals surface area contributed by atoms with Gasteiger partial charge in [0, 0.05) is 21.0 Å². The molecule has 0 bridgehead atoms. The third-order valence-electron chi connectivity index (χ3n) is 5.18. The second-order valence-corrected chi connectivity index (χ2v) is 8.34. The summed E-state index contributed by atoms with van der Waals surface area (Å²) in [5, 5.41) is 13.7. The SMILES string of the molecule is Oc1ccc2ccc(Br)cc2c1C(CCC1CC1)c1ccc(Cl)cc1. The van der Waals surface area contributed by atoms with Gasteiger partial charge in [-0.05, 0) is 65.4 Å². The molecule has 0 spiro atoms. The van der Waals surface area contributed by atoms with Crippen LogP contribution in [-0.4, -0.2) is 5.11 Å². The van der Waals surface area contributed by atoms with E-state index < -0.39 is 0 Å². The van der Waals surface area contributed by atoms with Crippen molar-refractivity contribution in [1.82, 2.24) is 0 Å². The molecular formula is C22H20BrClO. The summed E-state index contributed by atoms with van der Waals surface area (Å²) in [4.78, 5) is 0. The van der Waals surface area contributed by atoms with Crippen LogP contribution in [0.15, 0.2) is 59.1 Å². The van der Waals surface area contributed by atoms with E-state index in [4.69, 9.17) is 11.6 Å². The van der Waals surface area contributed by atoms with Crippen LogP contribution < -0.4 is 0 Å². The minimum atomic E-state index is 0.177. The third-order valence-corrected chi connectivity index (χ3v) is 5.93. The first-order valence-corrected chi connectivity index (χ1v) is 9.95. The highest BCUT2D eigenvalue weighted by Gasteiger charge is 2.26. The van der Waals surface area contributed by atoms with E-state index >= 15 is 0 Å². The van der Waals surface area contributed by atoms with Gasteiger partial charge in [-0.2, -0.15) is 0 Å². The molecule has 3 heteroatoms. The fourth-order valence-electron chi connectivity index (χ4n) is 3.65. The summed E-state index contributed by atoms with van der Waals surface area (Å²) in [6.07, 6.45) is 4.95. The minimum absolute atomic E-state index is 0.177. The fraction of sp³-hybridized carbons (Fsp3) is 0.273. The standard InChI is InChI=1S/C22H20BrClO/c23-17-8-4-16-7-12-21(25)22(20(16)13-17)19(11-3-14-1-2-14)15-5-9-18(24)10-6-15/h4-10,12-14,19,25H,1-3,11H2. The molecule has 0 amide bonds. The first-order valence-electron chi connectivity index (χ1n) is 8.78. The lowest BCUT2D eigenvalue weighted by Gasteiger charge is -2.21. The van der Waals surface area contributed by atoms with Gasteiger partial charge in [-0.15, -0.1) is 0 Å². The maximum absolute atomic E-state index is 10.7. The zero-order valence-electron chi connectivity index (χ0n) is 13.9. The Hall–Kier alpha value is -1.51. The van der Waals surface area contributed by atoms with Crippen molar-refractivity contribution in [2.45, 2.75) is 31.6 Å². The Balaban J connectivity index is 1.85. The van der Waals surface area contributed by atoms with Crippen molar-refractivity contribution >= 4 is 38.3 Å². The maximum atomic E-state index is 10.7. The molecule has 4 rings (SSSR count). The molecule has 1 N–H and O–H groups in total.